The molecule has 1 saturated heterocycles. The van der Waals surface area contributed by atoms with Crippen LogP contribution in [0.25, 0.3) is 0 Å². The van der Waals surface area contributed by atoms with Gasteiger partial charge in [-0.15, -0.1) is 0 Å². The third-order valence-corrected chi connectivity index (χ3v) is 5.21. The molecule has 0 bridgehead atoms. The van der Waals surface area contributed by atoms with Crippen LogP contribution in [0.4, 0.5) is 0 Å². The first kappa shape index (κ1) is 16.5. The third kappa shape index (κ3) is 2.77. The number of hydrogen-bond acceptors (Lipinski definition) is 3. The summed E-state index contributed by atoms with van der Waals surface area (Å²) in [5, 5.41) is 0. The van der Waals surface area contributed by atoms with E-state index in [2.05, 4.69) is 18.7 Å². The van der Waals surface area contributed by atoms with Crippen molar-refractivity contribution in [3.05, 3.63) is 60.3 Å². The summed E-state index contributed by atoms with van der Waals surface area (Å²) in [6.07, 6.45) is 7.16. The van der Waals surface area contributed by atoms with Crippen LogP contribution in [0.5, 0.6) is 0 Å². The van der Waals surface area contributed by atoms with Gasteiger partial charge in [-0.25, -0.2) is 0 Å². The summed E-state index contributed by atoms with van der Waals surface area (Å²) in [7, 11) is 1.36. The van der Waals surface area contributed by atoms with Gasteiger partial charge in [0, 0.05) is 11.1 Å². The Labute approximate surface area is 142 Å². The minimum atomic E-state index is -0.446. The first-order valence-electron chi connectivity index (χ1n) is 8.37. The summed E-state index contributed by atoms with van der Waals surface area (Å²) in [6.45, 7) is 4.74. The number of carbonyl (C=O) groups excluding carboxylic acids is 2. The molecule has 1 aromatic rings. The Morgan fingerprint density at radius 3 is 2.75 bits per heavy atom. The van der Waals surface area contributed by atoms with Crippen LogP contribution in [0.3, 0.4) is 0 Å². The van der Waals surface area contributed by atoms with Crippen LogP contribution in [-0.4, -0.2) is 23.9 Å². The third-order valence-electron chi connectivity index (χ3n) is 5.21. The Balaban J connectivity index is 1.93. The number of benzene rings is 1. The van der Waals surface area contributed by atoms with Crippen LogP contribution < -0.4 is 0 Å². The van der Waals surface area contributed by atoms with E-state index in [9.17, 15) is 9.59 Å². The van der Waals surface area contributed by atoms with Crippen molar-refractivity contribution >= 4 is 11.9 Å². The number of allylic oxidation sites excluding steroid dienone is 2. The van der Waals surface area contributed by atoms with Crippen molar-refractivity contribution in [1.82, 2.24) is 4.90 Å². The maximum absolute atomic E-state index is 13.1. The standard InChI is InChI=1S/C20H23NO3/c1-15-20(11-7-4-8-12-20)17(13-18(22)24-2)19(23)21(15)14-16-9-5-3-6-10-16/h3,5-7,9-11,17H,1,4,8,12-14H2,2H3. The monoisotopic (exact) mass is 325 g/mol. The van der Waals surface area contributed by atoms with Gasteiger partial charge >= 0.3 is 5.97 Å². The highest BCUT2D eigenvalue weighted by Gasteiger charge is 2.54. The Morgan fingerprint density at radius 1 is 1.38 bits per heavy atom. The molecule has 1 aliphatic carbocycles. The number of nitrogens with zero attached hydrogens (tertiary/aromatic N) is 1. The van der Waals surface area contributed by atoms with Crippen LogP contribution in [0, 0.1) is 11.3 Å². The van der Waals surface area contributed by atoms with Gasteiger partial charge in [-0.3, -0.25) is 9.59 Å². The second-order valence-corrected chi connectivity index (χ2v) is 6.52. The van der Waals surface area contributed by atoms with Gasteiger partial charge in [0.1, 0.15) is 0 Å². The molecule has 0 N–H and O–H groups in total. The fourth-order valence-corrected chi connectivity index (χ4v) is 3.87. The summed E-state index contributed by atoms with van der Waals surface area (Å²) < 4.78 is 4.82. The normalized spacial score (nSPS) is 26.2. The molecule has 2 atom stereocenters. The quantitative estimate of drug-likeness (QED) is 0.629. The van der Waals surface area contributed by atoms with Crippen molar-refractivity contribution < 1.29 is 14.3 Å². The summed E-state index contributed by atoms with van der Waals surface area (Å²) in [6, 6.07) is 9.87. The van der Waals surface area contributed by atoms with Gasteiger partial charge in [0.25, 0.3) is 0 Å². The molecule has 1 aromatic carbocycles. The summed E-state index contributed by atoms with van der Waals surface area (Å²) >= 11 is 0. The highest BCUT2D eigenvalue weighted by Crippen LogP contribution is 2.52. The lowest BCUT2D eigenvalue weighted by Crippen LogP contribution is -2.31. The van der Waals surface area contributed by atoms with Crippen LogP contribution in [-0.2, 0) is 20.9 Å². The lowest BCUT2D eigenvalue weighted by Gasteiger charge is -2.34. The Hall–Kier alpha value is -2.36. The van der Waals surface area contributed by atoms with E-state index < -0.39 is 11.3 Å². The van der Waals surface area contributed by atoms with E-state index in [4.69, 9.17) is 4.74 Å². The van der Waals surface area contributed by atoms with E-state index in [0.717, 1.165) is 30.5 Å². The van der Waals surface area contributed by atoms with Gasteiger partial charge in [0.05, 0.1) is 26.0 Å². The van der Waals surface area contributed by atoms with Crippen molar-refractivity contribution in [1.29, 1.82) is 0 Å². The Bertz CT molecular complexity index is 679. The van der Waals surface area contributed by atoms with Crippen LogP contribution in [0.2, 0.25) is 0 Å². The smallest absolute Gasteiger partial charge is 0.306 e. The molecule has 0 aromatic heterocycles. The van der Waals surface area contributed by atoms with Crippen molar-refractivity contribution in [2.75, 3.05) is 7.11 Å². The van der Waals surface area contributed by atoms with E-state index in [1.807, 2.05) is 30.3 Å². The molecule has 1 heterocycles. The fourth-order valence-electron chi connectivity index (χ4n) is 3.87. The van der Waals surface area contributed by atoms with Crippen molar-refractivity contribution in [3.8, 4) is 0 Å². The summed E-state index contributed by atoms with van der Waals surface area (Å²) in [5.41, 5.74) is 1.42. The van der Waals surface area contributed by atoms with E-state index in [-0.39, 0.29) is 18.3 Å². The number of amides is 1. The molecule has 1 fully saturated rings. The lowest BCUT2D eigenvalue weighted by atomic mass is 9.68. The zero-order valence-electron chi connectivity index (χ0n) is 14.0. The number of ether oxygens (including phenoxy) is 1. The largest absolute Gasteiger partial charge is 0.469 e. The minimum absolute atomic E-state index is 0.0270. The van der Waals surface area contributed by atoms with Gasteiger partial charge in [-0.05, 0) is 24.8 Å². The molecule has 2 unspecified atom stereocenters. The zero-order valence-corrected chi connectivity index (χ0v) is 14.0. The number of esters is 1. The first-order valence-corrected chi connectivity index (χ1v) is 8.37. The van der Waals surface area contributed by atoms with Crippen LogP contribution in [0.1, 0.15) is 31.2 Å². The second-order valence-electron chi connectivity index (χ2n) is 6.52. The van der Waals surface area contributed by atoms with E-state index in [1.54, 1.807) is 4.90 Å². The highest BCUT2D eigenvalue weighted by atomic mass is 16.5. The number of hydrogen-bond donors (Lipinski definition) is 0. The zero-order chi connectivity index (χ0) is 17.2. The van der Waals surface area contributed by atoms with Crippen LogP contribution >= 0.6 is 0 Å². The topological polar surface area (TPSA) is 46.6 Å². The summed E-state index contributed by atoms with van der Waals surface area (Å²) in [5.74, 6) is -0.792. The molecule has 1 aliphatic heterocycles. The molecule has 24 heavy (non-hydrogen) atoms. The second kappa shape index (κ2) is 6.63. The molecular weight excluding hydrogens is 302 g/mol. The minimum Gasteiger partial charge on any atom is -0.469 e. The van der Waals surface area contributed by atoms with Gasteiger partial charge < -0.3 is 9.64 Å². The number of rotatable bonds is 4. The fraction of sp³-hybridized carbons (Fsp3) is 0.400. The molecular formula is C20H23NO3. The van der Waals surface area contributed by atoms with Crippen LogP contribution in [0.15, 0.2) is 54.8 Å². The molecule has 1 amide bonds. The maximum atomic E-state index is 13.1. The molecule has 3 rings (SSSR count). The molecule has 4 nitrogen and oxygen atoms in total. The number of carbonyl (C=O) groups is 2. The van der Waals surface area contributed by atoms with Gasteiger partial charge in [-0.1, -0.05) is 49.1 Å². The van der Waals surface area contributed by atoms with Crippen molar-refractivity contribution in [2.45, 2.75) is 32.2 Å². The Morgan fingerprint density at radius 2 is 2.12 bits per heavy atom. The predicted molar refractivity (Wildman–Crippen MR) is 91.7 cm³/mol. The van der Waals surface area contributed by atoms with Crippen molar-refractivity contribution in [3.63, 3.8) is 0 Å². The highest BCUT2D eigenvalue weighted by molar-refractivity contribution is 5.90. The van der Waals surface area contributed by atoms with Gasteiger partial charge in [-0.2, -0.15) is 0 Å². The number of methoxy groups -OCH3 is 1. The molecule has 2 aliphatic rings. The average molecular weight is 325 g/mol. The van der Waals surface area contributed by atoms with Gasteiger partial charge in [0.15, 0.2) is 0 Å². The van der Waals surface area contributed by atoms with Crippen molar-refractivity contribution in [2.24, 2.45) is 11.3 Å². The number of likely N-dealkylation sites (tertiary alicyclic amines) is 1. The Kier molecular flexibility index (Phi) is 4.56. The van der Waals surface area contributed by atoms with E-state index in [0.29, 0.717) is 6.54 Å². The van der Waals surface area contributed by atoms with E-state index in [1.165, 1.54) is 7.11 Å². The van der Waals surface area contributed by atoms with E-state index >= 15 is 0 Å². The lowest BCUT2D eigenvalue weighted by molar-refractivity contribution is -0.145. The molecule has 1 spiro atoms. The maximum Gasteiger partial charge on any atom is 0.306 e. The average Bonchev–Trinajstić information content (AvgIpc) is 2.79. The first-order chi connectivity index (χ1) is 11.6. The van der Waals surface area contributed by atoms with Gasteiger partial charge in [0.2, 0.25) is 5.91 Å². The predicted octanol–water partition coefficient (Wildman–Crippen LogP) is 3.45. The summed E-state index contributed by atoms with van der Waals surface area (Å²) in [4.78, 5) is 26.7. The molecule has 126 valence electrons. The molecule has 0 saturated carbocycles. The molecule has 4 heteroatoms. The SMILES string of the molecule is C=C1N(Cc2ccccc2)C(=O)C(CC(=O)OC)C12C=CCCC2. The molecule has 0 radical (unpaired) electrons.